The molecule has 0 nitrogen and oxygen atoms in total. The standard InChI is InChI=1S/C55H38/c1-55(2)49-27-13-26-44(54(49)53-43-21-6-5-15-36(43)30-31-50(53)55)40-18-12-20-42(34-40)52-47-24-9-7-22-45(47)51(46-23-8-10-25-48(46)52)41-19-11-17-38(33-41)39-29-28-35-14-3-4-16-37(35)32-39/h3-34H,1-2H3. The Bertz CT molecular complexity index is 3120. The lowest BCUT2D eigenvalue weighted by Gasteiger charge is -2.22. The molecule has 0 unspecified atom stereocenters. The molecule has 0 bridgehead atoms. The molecule has 1 aliphatic carbocycles. The molecule has 0 heteroatoms. The Morgan fingerprint density at radius 3 is 1.42 bits per heavy atom. The van der Waals surface area contributed by atoms with Gasteiger partial charge < -0.3 is 0 Å². The van der Waals surface area contributed by atoms with E-state index < -0.39 is 0 Å². The second-order valence-electron chi connectivity index (χ2n) is 15.6. The minimum absolute atomic E-state index is 0.0871. The minimum Gasteiger partial charge on any atom is -0.0616 e. The van der Waals surface area contributed by atoms with Crippen LogP contribution in [0.25, 0.3) is 98.7 Å². The Morgan fingerprint density at radius 1 is 0.273 bits per heavy atom. The van der Waals surface area contributed by atoms with E-state index in [4.69, 9.17) is 0 Å². The predicted octanol–water partition coefficient (Wildman–Crippen LogP) is 15.3. The van der Waals surface area contributed by atoms with E-state index >= 15 is 0 Å². The van der Waals surface area contributed by atoms with Gasteiger partial charge in [-0.3, -0.25) is 0 Å². The molecule has 0 spiro atoms. The summed E-state index contributed by atoms with van der Waals surface area (Å²) in [5.74, 6) is 0. The zero-order valence-electron chi connectivity index (χ0n) is 31.0. The van der Waals surface area contributed by atoms with E-state index in [1.807, 2.05) is 0 Å². The molecule has 1 aliphatic rings. The molecule has 11 rings (SSSR count). The van der Waals surface area contributed by atoms with Crippen LogP contribution >= 0.6 is 0 Å². The molecule has 0 N–H and O–H groups in total. The lowest BCUT2D eigenvalue weighted by atomic mass is 9.81. The van der Waals surface area contributed by atoms with E-state index in [-0.39, 0.29) is 5.41 Å². The Balaban J connectivity index is 1.11. The molecule has 0 heterocycles. The van der Waals surface area contributed by atoms with Crippen molar-refractivity contribution in [2.75, 3.05) is 0 Å². The van der Waals surface area contributed by atoms with Crippen molar-refractivity contribution in [3.05, 3.63) is 205 Å². The van der Waals surface area contributed by atoms with Crippen LogP contribution in [0.2, 0.25) is 0 Å². The summed E-state index contributed by atoms with van der Waals surface area (Å²) in [7, 11) is 0. The average molecular weight is 699 g/mol. The molecular formula is C55H38. The normalized spacial score (nSPS) is 13.1. The maximum absolute atomic E-state index is 2.43. The number of rotatable bonds is 4. The van der Waals surface area contributed by atoms with Crippen molar-refractivity contribution in [1.29, 1.82) is 0 Å². The summed E-state index contributed by atoms with van der Waals surface area (Å²) < 4.78 is 0. The van der Waals surface area contributed by atoms with Crippen LogP contribution in [0.15, 0.2) is 194 Å². The first kappa shape index (κ1) is 31.7. The van der Waals surface area contributed by atoms with Gasteiger partial charge in [0.1, 0.15) is 0 Å². The topological polar surface area (TPSA) is 0 Å². The van der Waals surface area contributed by atoms with Gasteiger partial charge in [-0.15, -0.1) is 0 Å². The molecule has 0 atom stereocenters. The zero-order valence-corrected chi connectivity index (χ0v) is 31.0. The summed E-state index contributed by atoms with van der Waals surface area (Å²) in [6.45, 7) is 4.76. The van der Waals surface area contributed by atoms with Crippen LogP contribution in [0, 0.1) is 0 Å². The third-order valence-corrected chi connectivity index (χ3v) is 12.2. The summed E-state index contributed by atoms with van der Waals surface area (Å²) in [4.78, 5) is 0. The van der Waals surface area contributed by atoms with Crippen LogP contribution in [0.3, 0.4) is 0 Å². The highest BCUT2D eigenvalue weighted by molar-refractivity contribution is 6.21. The molecule has 0 amide bonds. The van der Waals surface area contributed by atoms with E-state index in [1.165, 1.54) is 110 Å². The lowest BCUT2D eigenvalue weighted by molar-refractivity contribution is 0.661. The van der Waals surface area contributed by atoms with Gasteiger partial charge in [-0.05, 0) is 128 Å². The van der Waals surface area contributed by atoms with Gasteiger partial charge in [0.15, 0.2) is 0 Å². The first-order valence-electron chi connectivity index (χ1n) is 19.3. The highest BCUT2D eigenvalue weighted by Crippen LogP contribution is 2.55. The lowest BCUT2D eigenvalue weighted by Crippen LogP contribution is -2.14. The molecule has 258 valence electrons. The van der Waals surface area contributed by atoms with Gasteiger partial charge in [0.05, 0.1) is 0 Å². The van der Waals surface area contributed by atoms with Crippen molar-refractivity contribution < 1.29 is 0 Å². The number of benzene rings is 10. The zero-order chi connectivity index (χ0) is 36.7. The highest BCUT2D eigenvalue weighted by atomic mass is 14.4. The first-order valence-corrected chi connectivity index (χ1v) is 19.3. The summed E-state index contributed by atoms with van der Waals surface area (Å²) in [6.07, 6.45) is 0. The smallest absolute Gasteiger partial charge is 0.0159 e. The highest BCUT2D eigenvalue weighted by Gasteiger charge is 2.37. The van der Waals surface area contributed by atoms with Crippen LogP contribution in [0.4, 0.5) is 0 Å². The molecule has 55 heavy (non-hydrogen) atoms. The Hall–Kier alpha value is -6.76. The second kappa shape index (κ2) is 12.1. The van der Waals surface area contributed by atoms with E-state index in [2.05, 4.69) is 208 Å². The summed E-state index contributed by atoms with van der Waals surface area (Å²) >= 11 is 0. The van der Waals surface area contributed by atoms with Crippen molar-refractivity contribution >= 4 is 43.1 Å². The minimum atomic E-state index is -0.0871. The van der Waals surface area contributed by atoms with E-state index in [9.17, 15) is 0 Å². The van der Waals surface area contributed by atoms with Crippen molar-refractivity contribution in [2.45, 2.75) is 19.3 Å². The van der Waals surface area contributed by atoms with Crippen molar-refractivity contribution in [3.8, 4) is 55.6 Å². The van der Waals surface area contributed by atoms with Crippen molar-refractivity contribution in [2.24, 2.45) is 0 Å². The average Bonchev–Trinajstić information content (AvgIpc) is 3.48. The van der Waals surface area contributed by atoms with Crippen LogP contribution < -0.4 is 0 Å². The fourth-order valence-corrected chi connectivity index (χ4v) is 9.61. The van der Waals surface area contributed by atoms with Crippen LogP contribution in [-0.2, 0) is 5.41 Å². The molecule has 0 aliphatic heterocycles. The second-order valence-corrected chi connectivity index (χ2v) is 15.6. The van der Waals surface area contributed by atoms with Gasteiger partial charge in [0.2, 0.25) is 0 Å². The van der Waals surface area contributed by atoms with E-state index in [0.29, 0.717) is 0 Å². The molecule has 10 aromatic rings. The number of hydrogen-bond donors (Lipinski definition) is 0. The number of hydrogen-bond acceptors (Lipinski definition) is 0. The summed E-state index contributed by atoms with van der Waals surface area (Å²) in [5, 5.41) is 10.2. The summed E-state index contributed by atoms with van der Waals surface area (Å²) in [6, 6.07) is 72.2. The van der Waals surface area contributed by atoms with Crippen LogP contribution in [-0.4, -0.2) is 0 Å². The van der Waals surface area contributed by atoms with Gasteiger partial charge in [-0.25, -0.2) is 0 Å². The molecule has 0 fully saturated rings. The maximum Gasteiger partial charge on any atom is 0.0159 e. The van der Waals surface area contributed by atoms with E-state index in [0.717, 1.165) is 0 Å². The van der Waals surface area contributed by atoms with Gasteiger partial charge in [0.25, 0.3) is 0 Å². The molecule has 0 radical (unpaired) electrons. The third kappa shape index (κ3) is 4.85. The predicted molar refractivity (Wildman–Crippen MR) is 236 cm³/mol. The largest absolute Gasteiger partial charge is 0.0616 e. The monoisotopic (exact) mass is 698 g/mol. The van der Waals surface area contributed by atoms with E-state index in [1.54, 1.807) is 0 Å². The SMILES string of the molecule is CC1(C)c2cccc(-c3cccc(-c4c5ccccc5c(-c5cccc(-c6ccc7ccccc7c6)c5)c5ccccc45)c3)c2-c2c1ccc1ccccc21. The first-order chi connectivity index (χ1) is 27.0. The third-order valence-electron chi connectivity index (χ3n) is 12.2. The van der Waals surface area contributed by atoms with Crippen LogP contribution in [0.1, 0.15) is 25.0 Å². The molecule has 0 saturated heterocycles. The van der Waals surface area contributed by atoms with Crippen molar-refractivity contribution in [1.82, 2.24) is 0 Å². The fraction of sp³-hybridized carbons (Fsp3) is 0.0545. The molecular weight excluding hydrogens is 661 g/mol. The van der Waals surface area contributed by atoms with Crippen molar-refractivity contribution in [3.63, 3.8) is 0 Å². The molecule has 0 saturated carbocycles. The Kier molecular flexibility index (Phi) is 7.00. The maximum atomic E-state index is 2.43. The molecule has 0 aromatic heterocycles. The quantitative estimate of drug-likeness (QED) is 0.161. The van der Waals surface area contributed by atoms with Crippen LogP contribution in [0.5, 0.6) is 0 Å². The van der Waals surface area contributed by atoms with Gasteiger partial charge in [-0.1, -0.05) is 190 Å². The van der Waals surface area contributed by atoms with Gasteiger partial charge >= 0.3 is 0 Å². The Morgan fingerprint density at radius 2 is 0.745 bits per heavy atom. The van der Waals surface area contributed by atoms with Gasteiger partial charge in [0, 0.05) is 5.41 Å². The summed E-state index contributed by atoms with van der Waals surface area (Å²) in [5.41, 5.74) is 15.5. The van der Waals surface area contributed by atoms with Gasteiger partial charge in [-0.2, -0.15) is 0 Å². The number of fused-ring (bicyclic) bond motifs is 8. The fourth-order valence-electron chi connectivity index (χ4n) is 9.61. The molecule has 10 aromatic carbocycles. The Labute approximate surface area is 322 Å².